The fourth-order valence-electron chi connectivity index (χ4n) is 2.68. The lowest BCUT2D eigenvalue weighted by Gasteiger charge is -2.10. The van der Waals surface area contributed by atoms with Crippen LogP contribution >= 0.6 is 0 Å². The van der Waals surface area contributed by atoms with Crippen molar-refractivity contribution in [2.45, 2.75) is 20.0 Å². The second kappa shape index (κ2) is 8.16. The van der Waals surface area contributed by atoms with E-state index in [-0.39, 0.29) is 17.9 Å². The van der Waals surface area contributed by atoms with E-state index in [4.69, 9.17) is 4.74 Å². The van der Waals surface area contributed by atoms with Gasteiger partial charge in [0.25, 0.3) is 5.56 Å². The van der Waals surface area contributed by atoms with Crippen LogP contribution in [0, 0.1) is 6.92 Å². The molecule has 3 rings (SSSR count). The van der Waals surface area contributed by atoms with Crippen molar-refractivity contribution in [2.24, 2.45) is 0 Å². The van der Waals surface area contributed by atoms with Crippen molar-refractivity contribution in [1.29, 1.82) is 0 Å². The van der Waals surface area contributed by atoms with Crippen LogP contribution in [-0.4, -0.2) is 11.1 Å². The number of hydrogen-bond donors (Lipinski definition) is 2. The summed E-state index contributed by atoms with van der Waals surface area (Å²) in [6.07, 6.45) is -0.0337. The van der Waals surface area contributed by atoms with Crippen molar-refractivity contribution >= 4 is 11.8 Å². The SMILES string of the molecule is Cc1cc(Cc2ccccc2)[nH]c(=O)c1NC(=O)OCc1ccccc1. The molecular weight excluding hydrogens is 328 g/mol. The Labute approximate surface area is 151 Å². The zero-order chi connectivity index (χ0) is 18.4. The predicted molar refractivity (Wildman–Crippen MR) is 101 cm³/mol. The van der Waals surface area contributed by atoms with Crippen molar-refractivity contribution < 1.29 is 9.53 Å². The number of carbonyl (C=O) groups excluding carboxylic acids is 1. The molecule has 5 heteroatoms. The number of amides is 1. The Hall–Kier alpha value is -3.34. The quantitative estimate of drug-likeness (QED) is 0.731. The summed E-state index contributed by atoms with van der Waals surface area (Å²) in [5, 5.41) is 2.53. The normalized spacial score (nSPS) is 10.3. The molecule has 0 radical (unpaired) electrons. The van der Waals surface area contributed by atoms with Crippen LogP contribution in [0.1, 0.15) is 22.4 Å². The molecule has 0 saturated carbocycles. The summed E-state index contributed by atoms with van der Waals surface area (Å²) in [5.74, 6) is 0. The predicted octanol–water partition coefficient (Wildman–Crippen LogP) is 4.02. The van der Waals surface area contributed by atoms with Crippen molar-refractivity contribution in [1.82, 2.24) is 4.98 Å². The third-order valence-electron chi connectivity index (χ3n) is 3.96. The Morgan fingerprint density at radius 2 is 1.62 bits per heavy atom. The summed E-state index contributed by atoms with van der Waals surface area (Å²) in [4.78, 5) is 27.1. The molecule has 2 aromatic carbocycles. The Bertz CT molecular complexity index is 934. The molecule has 0 bridgehead atoms. The number of anilines is 1. The second-order valence-electron chi connectivity index (χ2n) is 6.03. The molecule has 0 aliphatic heterocycles. The maximum atomic E-state index is 12.3. The highest BCUT2D eigenvalue weighted by molar-refractivity contribution is 5.85. The number of nitrogens with one attached hydrogen (secondary N) is 2. The Kier molecular flexibility index (Phi) is 5.49. The van der Waals surface area contributed by atoms with Gasteiger partial charge in [0.1, 0.15) is 12.3 Å². The smallest absolute Gasteiger partial charge is 0.412 e. The van der Waals surface area contributed by atoms with E-state index >= 15 is 0 Å². The van der Waals surface area contributed by atoms with Gasteiger partial charge in [0.05, 0.1) is 0 Å². The molecule has 0 saturated heterocycles. The minimum atomic E-state index is -0.654. The van der Waals surface area contributed by atoms with Gasteiger partial charge in [-0.2, -0.15) is 0 Å². The topological polar surface area (TPSA) is 71.2 Å². The molecule has 26 heavy (non-hydrogen) atoms. The van der Waals surface area contributed by atoms with E-state index in [9.17, 15) is 9.59 Å². The van der Waals surface area contributed by atoms with E-state index in [0.29, 0.717) is 12.0 Å². The van der Waals surface area contributed by atoms with Gasteiger partial charge in [-0.05, 0) is 29.7 Å². The molecule has 0 fully saturated rings. The number of H-pyrrole nitrogens is 1. The summed E-state index contributed by atoms with van der Waals surface area (Å²) in [7, 11) is 0. The highest BCUT2D eigenvalue weighted by Gasteiger charge is 2.11. The van der Waals surface area contributed by atoms with Gasteiger partial charge in [0, 0.05) is 12.1 Å². The summed E-state index contributed by atoms with van der Waals surface area (Å²) in [6, 6.07) is 21.1. The number of aryl methyl sites for hydroxylation is 1. The lowest BCUT2D eigenvalue weighted by Crippen LogP contribution is -2.22. The van der Waals surface area contributed by atoms with Crippen LogP contribution < -0.4 is 10.9 Å². The average Bonchev–Trinajstić information content (AvgIpc) is 2.65. The van der Waals surface area contributed by atoms with Gasteiger partial charge < -0.3 is 9.72 Å². The van der Waals surface area contributed by atoms with E-state index in [2.05, 4.69) is 10.3 Å². The molecule has 0 unspecified atom stereocenters. The summed E-state index contributed by atoms with van der Waals surface area (Å²) < 4.78 is 5.17. The van der Waals surface area contributed by atoms with Crippen molar-refractivity contribution in [3.8, 4) is 0 Å². The van der Waals surface area contributed by atoms with E-state index in [1.165, 1.54) is 0 Å². The molecule has 0 aliphatic rings. The molecule has 1 heterocycles. The Balaban J connectivity index is 1.66. The lowest BCUT2D eigenvalue weighted by molar-refractivity contribution is 0.155. The first-order valence-corrected chi connectivity index (χ1v) is 8.36. The Morgan fingerprint density at radius 1 is 1.00 bits per heavy atom. The monoisotopic (exact) mass is 348 g/mol. The number of ether oxygens (including phenoxy) is 1. The standard InChI is InChI=1S/C21H20N2O3/c1-15-12-18(13-16-8-4-2-5-9-16)22-20(24)19(15)23-21(25)26-14-17-10-6-3-7-11-17/h2-12H,13-14H2,1H3,(H,22,24)(H,23,25). The van der Waals surface area contributed by atoms with Crippen LogP contribution in [0.15, 0.2) is 71.5 Å². The summed E-state index contributed by atoms with van der Waals surface area (Å²) in [6.45, 7) is 1.94. The molecule has 1 aromatic heterocycles. The number of rotatable bonds is 5. The lowest BCUT2D eigenvalue weighted by atomic mass is 10.1. The third kappa shape index (κ3) is 4.60. The largest absolute Gasteiger partial charge is 0.444 e. The van der Waals surface area contributed by atoms with E-state index in [0.717, 1.165) is 16.8 Å². The first-order valence-electron chi connectivity index (χ1n) is 8.36. The van der Waals surface area contributed by atoms with Gasteiger partial charge >= 0.3 is 6.09 Å². The average molecular weight is 348 g/mol. The molecule has 0 aliphatic carbocycles. The van der Waals surface area contributed by atoms with Gasteiger partial charge in [-0.3, -0.25) is 10.1 Å². The second-order valence-corrected chi connectivity index (χ2v) is 6.03. The molecule has 3 aromatic rings. The fraction of sp³-hybridized carbons (Fsp3) is 0.143. The molecule has 1 amide bonds. The van der Waals surface area contributed by atoms with Crippen LogP contribution in [0.25, 0.3) is 0 Å². The van der Waals surface area contributed by atoms with Crippen LogP contribution in [-0.2, 0) is 17.8 Å². The van der Waals surface area contributed by atoms with E-state index in [1.807, 2.05) is 66.7 Å². The zero-order valence-electron chi connectivity index (χ0n) is 14.5. The van der Waals surface area contributed by atoms with Crippen LogP contribution in [0.3, 0.4) is 0 Å². The molecular formula is C21H20N2O3. The Morgan fingerprint density at radius 3 is 2.23 bits per heavy atom. The number of carbonyl (C=O) groups is 1. The van der Waals surface area contributed by atoms with Gasteiger partial charge in [0.15, 0.2) is 0 Å². The maximum Gasteiger partial charge on any atom is 0.412 e. The summed E-state index contributed by atoms with van der Waals surface area (Å²) in [5.41, 5.74) is 3.34. The van der Waals surface area contributed by atoms with Crippen molar-refractivity contribution in [3.63, 3.8) is 0 Å². The minimum absolute atomic E-state index is 0.149. The summed E-state index contributed by atoms with van der Waals surface area (Å²) >= 11 is 0. The molecule has 5 nitrogen and oxygen atoms in total. The molecule has 132 valence electrons. The molecule has 0 spiro atoms. The highest BCUT2D eigenvalue weighted by atomic mass is 16.5. The van der Waals surface area contributed by atoms with E-state index < -0.39 is 6.09 Å². The van der Waals surface area contributed by atoms with Crippen LogP contribution in [0.2, 0.25) is 0 Å². The number of hydrogen-bond acceptors (Lipinski definition) is 3. The minimum Gasteiger partial charge on any atom is -0.444 e. The first-order chi connectivity index (χ1) is 12.6. The maximum absolute atomic E-state index is 12.3. The van der Waals surface area contributed by atoms with Crippen LogP contribution in [0.5, 0.6) is 0 Å². The van der Waals surface area contributed by atoms with Gasteiger partial charge in [-0.25, -0.2) is 4.79 Å². The van der Waals surface area contributed by atoms with E-state index in [1.54, 1.807) is 6.92 Å². The van der Waals surface area contributed by atoms with Gasteiger partial charge in [-0.1, -0.05) is 60.7 Å². The first kappa shape index (κ1) is 17.5. The van der Waals surface area contributed by atoms with Crippen molar-refractivity contribution in [2.75, 3.05) is 5.32 Å². The molecule has 2 N–H and O–H groups in total. The van der Waals surface area contributed by atoms with Gasteiger partial charge in [-0.15, -0.1) is 0 Å². The number of benzene rings is 2. The fourth-order valence-corrected chi connectivity index (χ4v) is 2.68. The third-order valence-corrected chi connectivity index (χ3v) is 3.96. The van der Waals surface area contributed by atoms with Crippen LogP contribution in [0.4, 0.5) is 10.5 Å². The number of aromatic nitrogens is 1. The number of aromatic amines is 1. The number of pyridine rings is 1. The molecule has 0 atom stereocenters. The zero-order valence-corrected chi connectivity index (χ0v) is 14.5. The highest BCUT2D eigenvalue weighted by Crippen LogP contribution is 2.13. The van der Waals surface area contributed by atoms with Gasteiger partial charge in [0.2, 0.25) is 0 Å². The van der Waals surface area contributed by atoms with Crippen molar-refractivity contribution in [3.05, 3.63) is 99.5 Å².